The Bertz CT molecular complexity index is 980. The first kappa shape index (κ1) is 30.6. The van der Waals surface area contributed by atoms with Crippen molar-refractivity contribution in [2.45, 2.75) is 95.6 Å². The summed E-state index contributed by atoms with van der Waals surface area (Å²) in [5, 5.41) is 33.2. The third-order valence-corrected chi connectivity index (χ3v) is 8.10. The molecule has 0 saturated heterocycles. The molecule has 1 saturated carbocycles. The van der Waals surface area contributed by atoms with Crippen LogP contribution in [0.1, 0.15) is 70.3 Å². The molecular formula is C28H41IN2O7. The zero-order valence-corrected chi connectivity index (χ0v) is 24.5. The van der Waals surface area contributed by atoms with Crippen molar-refractivity contribution in [3.05, 3.63) is 32.9 Å². The molecule has 2 aliphatic carbocycles. The van der Waals surface area contributed by atoms with Gasteiger partial charge < -0.3 is 35.0 Å². The second-order valence-corrected chi connectivity index (χ2v) is 11.1. The molecule has 0 aromatic heterocycles. The van der Waals surface area contributed by atoms with E-state index in [9.17, 15) is 24.9 Å². The molecule has 1 fully saturated rings. The SMILES string of the molecule is CCCCC(=O)N(C1CCCCC1)C1CC(C(=O)NCCO)=CC(Oc2c(I)cc(CO)cc2OC)C1O. The Balaban J connectivity index is 2.00. The quantitative estimate of drug-likeness (QED) is 0.258. The molecule has 0 bridgehead atoms. The van der Waals surface area contributed by atoms with Crippen LogP contribution < -0.4 is 14.8 Å². The van der Waals surface area contributed by atoms with E-state index in [1.165, 1.54) is 7.11 Å². The van der Waals surface area contributed by atoms with E-state index in [-0.39, 0.29) is 44.0 Å². The summed E-state index contributed by atoms with van der Waals surface area (Å²) >= 11 is 2.09. The highest BCUT2D eigenvalue weighted by Gasteiger charge is 2.43. The van der Waals surface area contributed by atoms with E-state index in [0.29, 0.717) is 32.6 Å². The van der Waals surface area contributed by atoms with E-state index in [4.69, 9.17) is 9.47 Å². The molecule has 212 valence electrons. The van der Waals surface area contributed by atoms with E-state index < -0.39 is 18.2 Å². The van der Waals surface area contributed by atoms with Crippen molar-refractivity contribution in [2.75, 3.05) is 20.3 Å². The van der Waals surface area contributed by atoms with Gasteiger partial charge in [0.1, 0.15) is 12.2 Å². The summed E-state index contributed by atoms with van der Waals surface area (Å²) < 4.78 is 12.5. The zero-order chi connectivity index (χ0) is 27.7. The maximum Gasteiger partial charge on any atom is 0.247 e. The van der Waals surface area contributed by atoms with Crippen LogP contribution in [0.2, 0.25) is 0 Å². The predicted molar refractivity (Wildman–Crippen MR) is 152 cm³/mol. The van der Waals surface area contributed by atoms with Crippen LogP contribution in [-0.2, 0) is 16.2 Å². The number of methoxy groups -OCH3 is 1. The fourth-order valence-corrected chi connectivity index (χ4v) is 6.13. The van der Waals surface area contributed by atoms with Crippen LogP contribution in [0, 0.1) is 3.57 Å². The zero-order valence-electron chi connectivity index (χ0n) is 22.3. The number of ether oxygens (including phenoxy) is 2. The van der Waals surface area contributed by atoms with Crippen LogP contribution in [0.5, 0.6) is 11.5 Å². The lowest BCUT2D eigenvalue weighted by Gasteiger charge is -2.45. The van der Waals surface area contributed by atoms with Crippen molar-refractivity contribution >= 4 is 34.4 Å². The molecule has 10 heteroatoms. The Hall–Kier alpha value is -1.89. The summed E-state index contributed by atoms with van der Waals surface area (Å²) in [6.07, 6.45) is 6.78. The number of carbonyl (C=O) groups excluding carboxylic acids is 2. The minimum atomic E-state index is -1.07. The summed E-state index contributed by atoms with van der Waals surface area (Å²) in [4.78, 5) is 28.4. The fraction of sp³-hybridized carbons (Fsp3) is 0.643. The number of unbranched alkanes of at least 4 members (excludes halogenated alkanes) is 1. The van der Waals surface area contributed by atoms with Crippen LogP contribution in [0.15, 0.2) is 23.8 Å². The highest BCUT2D eigenvalue weighted by atomic mass is 127. The lowest BCUT2D eigenvalue weighted by atomic mass is 9.85. The summed E-state index contributed by atoms with van der Waals surface area (Å²) in [6.45, 7) is 1.79. The third kappa shape index (κ3) is 7.61. The smallest absolute Gasteiger partial charge is 0.247 e. The average molecular weight is 645 g/mol. The number of aliphatic hydroxyl groups is 3. The molecule has 0 radical (unpaired) electrons. The summed E-state index contributed by atoms with van der Waals surface area (Å²) in [5.41, 5.74) is 1.06. The molecule has 3 unspecified atom stereocenters. The molecular weight excluding hydrogens is 603 g/mol. The number of hydrogen-bond donors (Lipinski definition) is 4. The normalized spacial score (nSPS) is 21.9. The lowest BCUT2D eigenvalue weighted by Crippen LogP contribution is -2.58. The number of amides is 2. The Morgan fingerprint density at radius 2 is 1.92 bits per heavy atom. The Morgan fingerprint density at radius 3 is 2.55 bits per heavy atom. The number of nitrogens with one attached hydrogen (secondary N) is 1. The molecule has 38 heavy (non-hydrogen) atoms. The van der Waals surface area contributed by atoms with E-state index in [2.05, 4.69) is 27.9 Å². The number of benzene rings is 1. The van der Waals surface area contributed by atoms with Gasteiger partial charge in [-0.25, -0.2) is 0 Å². The van der Waals surface area contributed by atoms with Gasteiger partial charge in [-0.2, -0.15) is 0 Å². The summed E-state index contributed by atoms with van der Waals surface area (Å²) in [6, 6.07) is 2.82. The molecule has 0 heterocycles. The van der Waals surface area contributed by atoms with E-state index in [1.807, 2.05) is 11.8 Å². The Kier molecular flexibility index (Phi) is 12.1. The van der Waals surface area contributed by atoms with Gasteiger partial charge in [0.05, 0.1) is 29.9 Å². The number of carbonyl (C=O) groups is 2. The van der Waals surface area contributed by atoms with Crippen molar-refractivity contribution in [3.63, 3.8) is 0 Å². The van der Waals surface area contributed by atoms with Crippen LogP contribution in [0.3, 0.4) is 0 Å². The second kappa shape index (κ2) is 15.0. The van der Waals surface area contributed by atoms with E-state index >= 15 is 0 Å². The molecule has 1 aromatic carbocycles. The summed E-state index contributed by atoms with van der Waals surface area (Å²) in [7, 11) is 1.50. The maximum atomic E-state index is 13.6. The van der Waals surface area contributed by atoms with Gasteiger partial charge in [0.15, 0.2) is 11.5 Å². The standard InChI is InChI=1S/C28H41IN2O7/c1-3-4-10-25(34)31(20-8-6-5-7-9-20)22-15-19(28(36)30-11-12-32)16-23(26(22)35)38-27-21(29)13-18(17-33)14-24(27)37-2/h13-14,16,20,22-23,26,32-33,35H,3-12,15,17H2,1-2H3,(H,30,36). The molecule has 0 spiro atoms. The number of halogens is 1. The molecule has 2 aliphatic rings. The van der Waals surface area contributed by atoms with Crippen molar-refractivity contribution < 1.29 is 34.4 Å². The van der Waals surface area contributed by atoms with Crippen LogP contribution in [-0.4, -0.2) is 76.6 Å². The minimum absolute atomic E-state index is 0.00183. The molecule has 1 aromatic rings. The largest absolute Gasteiger partial charge is 0.493 e. The number of rotatable bonds is 12. The van der Waals surface area contributed by atoms with E-state index in [1.54, 1.807) is 18.2 Å². The van der Waals surface area contributed by atoms with Gasteiger partial charge >= 0.3 is 0 Å². The third-order valence-electron chi connectivity index (χ3n) is 7.30. The van der Waals surface area contributed by atoms with Gasteiger partial charge in [0, 0.05) is 31.0 Å². The molecule has 4 N–H and O–H groups in total. The van der Waals surface area contributed by atoms with Gasteiger partial charge in [-0.3, -0.25) is 9.59 Å². The topological polar surface area (TPSA) is 129 Å². The summed E-state index contributed by atoms with van der Waals surface area (Å²) in [5.74, 6) is 0.436. The van der Waals surface area contributed by atoms with Gasteiger partial charge in [0.2, 0.25) is 11.8 Å². The minimum Gasteiger partial charge on any atom is -0.493 e. The molecule has 9 nitrogen and oxygen atoms in total. The van der Waals surface area contributed by atoms with Crippen LogP contribution in [0.4, 0.5) is 0 Å². The molecule has 3 atom stereocenters. The second-order valence-electron chi connectivity index (χ2n) is 9.98. The maximum absolute atomic E-state index is 13.6. The van der Waals surface area contributed by atoms with Crippen molar-refractivity contribution in [1.29, 1.82) is 0 Å². The molecule has 3 rings (SSSR count). The lowest BCUT2D eigenvalue weighted by molar-refractivity contribution is -0.143. The number of aliphatic hydroxyl groups excluding tert-OH is 3. The average Bonchev–Trinajstić information content (AvgIpc) is 2.93. The predicted octanol–water partition coefficient (Wildman–Crippen LogP) is 3.06. The number of nitrogens with zero attached hydrogens (tertiary/aromatic N) is 1. The van der Waals surface area contributed by atoms with Gasteiger partial charge in [-0.15, -0.1) is 0 Å². The highest BCUT2D eigenvalue weighted by molar-refractivity contribution is 14.1. The molecule has 0 aliphatic heterocycles. The first-order valence-corrected chi connectivity index (χ1v) is 14.6. The van der Waals surface area contributed by atoms with Crippen molar-refractivity contribution in [3.8, 4) is 11.5 Å². The van der Waals surface area contributed by atoms with Crippen molar-refractivity contribution in [2.24, 2.45) is 0 Å². The fourth-order valence-electron chi connectivity index (χ4n) is 5.34. The van der Waals surface area contributed by atoms with Crippen molar-refractivity contribution in [1.82, 2.24) is 10.2 Å². The monoisotopic (exact) mass is 644 g/mol. The van der Waals surface area contributed by atoms with Gasteiger partial charge in [-0.1, -0.05) is 32.6 Å². The van der Waals surface area contributed by atoms with E-state index in [0.717, 1.165) is 44.9 Å². The van der Waals surface area contributed by atoms with Gasteiger partial charge in [-0.05, 0) is 65.6 Å². The van der Waals surface area contributed by atoms with Crippen LogP contribution in [0.25, 0.3) is 0 Å². The number of hydrogen-bond acceptors (Lipinski definition) is 7. The first-order chi connectivity index (χ1) is 18.3. The Labute approximate surface area is 238 Å². The first-order valence-electron chi connectivity index (χ1n) is 13.6. The van der Waals surface area contributed by atoms with Gasteiger partial charge in [0.25, 0.3) is 0 Å². The molecule has 2 amide bonds. The van der Waals surface area contributed by atoms with Crippen LogP contribution >= 0.6 is 22.6 Å². The Morgan fingerprint density at radius 1 is 1.18 bits per heavy atom. The highest BCUT2D eigenvalue weighted by Crippen LogP contribution is 2.38.